The minimum Gasteiger partial charge on any atom is -0.452 e. The fraction of sp³-hybridized carbons (Fsp3) is 0.312. The van der Waals surface area contributed by atoms with E-state index in [4.69, 9.17) is 9.47 Å². The van der Waals surface area contributed by atoms with Crippen LogP contribution in [0.5, 0.6) is 11.5 Å². The fourth-order valence-electron chi connectivity index (χ4n) is 1.84. The van der Waals surface area contributed by atoms with Gasteiger partial charge >= 0.3 is 0 Å². The molecule has 4 nitrogen and oxygen atoms in total. The van der Waals surface area contributed by atoms with E-state index in [1.165, 1.54) is 6.07 Å². The molecule has 0 saturated heterocycles. The number of nitrogens with zero attached hydrogens (tertiary/aromatic N) is 1. The highest BCUT2D eigenvalue weighted by molar-refractivity contribution is 5.38. The Bertz CT molecular complexity index is 573. The Labute approximate surface area is 123 Å². The summed E-state index contributed by atoms with van der Waals surface area (Å²) in [5, 5.41) is 3.18. The van der Waals surface area contributed by atoms with Crippen molar-refractivity contribution < 1.29 is 13.9 Å². The Kier molecular flexibility index (Phi) is 5.66. The molecule has 1 N–H and O–H groups in total. The molecule has 112 valence electrons. The Morgan fingerprint density at radius 1 is 1.24 bits per heavy atom. The van der Waals surface area contributed by atoms with E-state index in [2.05, 4.69) is 10.3 Å². The van der Waals surface area contributed by atoms with Crippen LogP contribution in [-0.2, 0) is 11.3 Å². The van der Waals surface area contributed by atoms with Crippen molar-refractivity contribution in [3.05, 3.63) is 53.6 Å². The number of rotatable bonds is 7. The molecule has 0 aliphatic heterocycles. The van der Waals surface area contributed by atoms with Gasteiger partial charge in [0.15, 0.2) is 11.6 Å². The SMILES string of the molecule is COCCNCc1cccc(F)c1Oc1ccc(C)nc1. The van der Waals surface area contributed by atoms with Crippen LogP contribution in [0.4, 0.5) is 4.39 Å². The maximum atomic E-state index is 14.0. The maximum absolute atomic E-state index is 14.0. The van der Waals surface area contributed by atoms with Crippen molar-refractivity contribution in [2.24, 2.45) is 0 Å². The summed E-state index contributed by atoms with van der Waals surface area (Å²) in [7, 11) is 1.64. The van der Waals surface area contributed by atoms with E-state index in [0.717, 1.165) is 11.3 Å². The zero-order valence-electron chi connectivity index (χ0n) is 12.2. The van der Waals surface area contributed by atoms with Crippen molar-refractivity contribution in [3.63, 3.8) is 0 Å². The summed E-state index contributed by atoms with van der Waals surface area (Å²) in [6, 6.07) is 8.49. The molecule has 0 aliphatic rings. The first-order chi connectivity index (χ1) is 10.2. The molecule has 0 atom stereocenters. The van der Waals surface area contributed by atoms with Gasteiger partial charge in [0.2, 0.25) is 0 Å². The van der Waals surface area contributed by atoms with E-state index in [1.807, 2.05) is 19.1 Å². The first-order valence-electron chi connectivity index (χ1n) is 6.78. The molecule has 1 aromatic carbocycles. The summed E-state index contributed by atoms with van der Waals surface area (Å²) >= 11 is 0. The number of aryl methyl sites for hydroxylation is 1. The molecule has 0 spiro atoms. The zero-order valence-corrected chi connectivity index (χ0v) is 12.2. The number of nitrogens with one attached hydrogen (secondary N) is 1. The number of aromatic nitrogens is 1. The second-order valence-electron chi connectivity index (χ2n) is 4.64. The van der Waals surface area contributed by atoms with Crippen molar-refractivity contribution in [2.75, 3.05) is 20.3 Å². The van der Waals surface area contributed by atoms with Crippen molar-refractivity contribution in [1.29, 1.82) is 0 Å². The summed E-state index contributed by atoms with van der Waals surface area (Å²) in [6.07, 6.45) is 1.59. The zero-order chi connectivity index (χ0) is 15.1. The number of pyridine rings is 1. The summed E-state index contributed by atoms with van der Waals surface area (Å²) in [6.45, 7) is 3.69. The largest absolute Gasteiger partial charge is 0.452 e. The summed E-state index contributed by atoms with van der Waals surface area (Å²) in [5.74, 6) is 0.360. The first-order valence-corrected chi connectivity index (χ1v) is 6.78. The van der Waals surface area contributed by atoms with Crippen LogP contribution in [0.1, 0.15) is 11.3 Å². The maximum Gasteiger partial charge on any atom is 0.167 e. The highest BCUT2D eigenvalue weighted by atomic mass is 19.1. The minimum atomic E-state index is -0.387. The molecular weight excluding hydrogens is 271 g/mol. The third-order valence-corrected chi connectivity index (χ3v) is 2.95. The van der Waals surface area contributed by atoms with Crippen LogP contribution in [0.15, 0.2) is 36.5 Å². The van der Waals surface area contributed by atoms with Crippen LogP contribution in [-0.4, -0.2) is 25.2 Å². The van der Waals surface area contributed by atoms with Gasteiger partial charge < -0.3 is 14.8 Å². The van der Waals surface area contributed by atoms with Gasteiger partial charge in [0.05, 0.1) is 12.8 Å². The van der Waals surface area contributed by atoms with Crippen LogP contribution in [0.25, 0.3) is 0 Å². The predicted molar refractivity (Wildman–Crippen MR) is 79.0 cm³/mol. The monoisotopic (exact) mass is 290 g/mol. The molecule has 5 heteroatoms. The topological polar surface area (TPSA) is 43.4 Å². The van der Waals surface area contributed by atoms with Crippen LogP contribution < -0.4 is 10.1 Å². The van der Waals surface area contributed by atoms with Crippen LogP contribution in [0.3, 0.4) is 0 Å². The molecule has 0 unspecified atom stereocenters. The van der Waals surface area contributed by atoms with Gasteiger partial charge in [0.1, 0.15) is 5.75 Å². The molecule has 0 fully saturated rings. The number of benzene rings is 1. The summed E-state index contributed by atoms with van der Waals surface area (Å²) in [4.78, 5) is 4.14. The average Bonchev–Trinajstić information content (AvgIpc) is 2.49. The first kappa shape index (κ1) is 15.4. The third kappa shape index (κ3) is 4.51. The van der Waals surface area contributed by atoms with E-state index < -0.39 is 0 Å². The highest BCUT2D eigenvalue weighted by Crippen LogP contribution is 2.28. The van der Waals surface area contributed by atoms with E-state index in [0.29, 0.717) is 25.4 Å². The van der Waals surface area contributed by atoms with E-state index in [-0.39, 0.29) is 11.6 Å². The van der Waals surface area contributed by atoms with Gasteiger partial charge in [-0.05, 0) is 25.1 Å². The molecule has 2 rings (SSSR count). The van der Waals surface area contributed by atoms with E-state index in [9.17, 15) is 4.39 Å². The third-order valence-electron chi connectivity index (χ3n) is 2.95. The smallest absolute Gasteiger partial charge is 0.167 e. The van der Waals surface area contributed by atoms with Gasteiger partial charge in [-0.3, -0.25) is 4.98 Å². The van der Waals surface area contributed by atoms with E-state index in [1.54, 1.807) is 25.4 Å². The number of methoxy groups -OCH3 is 1. The second-order valence-corrected chi connectivity index (χ2v) is 4.64. The molecule has 2 aromatic rings. The molecule has 1 aromatic heterocycles. The Balaban J connectivity index is 2.11. The molecule has 0 amide bonds. The standard InChI is InChI=1S/C16H19FN2O2/c1-12-6-7-14(11-19-12)21-16-13(4-3-5-15(16)17)10-18-8-9-20-2/h3-7,11,18H,8-10H2,1-2H3. The molecular formula is C16H19FN2O2. The molecule has 1 heterocycles. The van der Waals surface area contributed by atoms with Gasteiger partial charge in [-0.1, -0.05) is 12.1 Å². The fourth-order valence-corrected chi connectivity index (χ4v) is 1.84. The molecule has 0 bridgehead atoms. The second kappa shape index (κ2) is 7.71. The number of halogens is 1. The number of hydrogen-bond acceptors (Lipinski definition) is 4. The van der Waals surface area contributed by atoms with Gasteiger partial charge in [0, 0.05) is 31.5 Å². The number of ether oxygens (including phenoxy) is 2. The average molecular weight is 290 g/mol. The number of para-hydroxylation sites is 1. The van der Waals surface area contributed by atoms with Gasteiger partial charge in [-0.25, -0.2) is 4.39 Å². The predicted octanol–water partition coefficient (Wildman–Crippen LogP) is 3.06. The van der Waals surface area contributed by atoms with Gasteiger partial charge in [-0.15, -0.1) is 0 Å². The van der Waals surface area contributed by atoms with Crippen molar-refractivity contribution in [1.82, 2.24) is 10.3 Å². The lowest BCUT2D eigenvalue weighted by Crippen LogP contribution is -2.19. The quantitative estimate of drug-likeness (QED) is 0.796. The Morgan fingerprint density at radius 2 is 2.10 bits per heavy atom. The lowest BCUT2D eigenvalue weighted by molar-refractivity contribution is 0.199. The molecule has 21 heavy (non-hydrogen) atoms. The molecule has 0 saturated carbocycles. The molecule has 0 aliphatic carbocycles. The lowest BCUT2D eigenvalue weighted by Gasteiger charge is -2.12. The van der Waals surface area contributed by atoms with Crippen LogP contribution in [0.2, 0.25) is 0 Å². The summed E-state index contributed by atoms with van der Waals surface area (Å²) < 4.78 is 24.6. The van der Waals surface area contributed by atoms with Crippen LogP contribution in [0, 0.1) is 12.7 Å². The van der Waals surface area contributed by atoms with Crippen LogP contribution >= 0.6 is 0 Å². The van der Waals surface area contributed by atoms with Crippen molar-refractivity contribution in [3.8, 4) is 11.5 Å². The minimum absolute atomic E-state index is 0.230. The summed E-state index contributed by atoms with van der Waals surface area (Å²) in [5.41, 5.74) is 1.64. The van der Waals surface area contributed by atoms with Crippen molar-refractivity contribution >= 4 is 0 Å². The van der Waals surface area contributed by atoms with Crippen molar-refractivity contribution in [2.45, 2.75) is 13.5 Å². The number of hydrogen-bond donors (Lipinski definition) is 1. The molecule has 0 radical (unpaired) electrons. The van der Waals surface area contributed by atoms with Gasteiger partial charge in [0.25, 0.3) is 0 Å². The highest BCUT2D eigenvalue weighted by Gasteiger charge is 2.11. The Morgan fingerprint density at radius 3 is 2.81 bits per heavy atom. The lowest BCUT2D eigenvalue weighted by atomic mass is 10.2. The van der Waals surface area contributed by atoms with E-state index >= 15 is 0 Å². The van der Waals surface area contributed by atoms with Gasteiger partial charge in [-0.2, -0.15) is 0 Å². The Hall–Kier alpha value is -1.98. The normalized spacial score (nSPS) is 10.6.